The van der Waals surface area contributed by atoms with E-state index in [1.165, 1.54) is 0 Å². The Morgan fingerprint density at radius 3 is 2.45 bits per heavy atom. The fourth-order valence-electron chi connectivity index (χ4n) is 1.60. The highest BCUT2D eigenvalue weighted by atomic mass is 35.5. The van der Waals surface area contributed by atoms with Crippen LogP contribution in [0.5, 0.6) is 0 Å². The van der Waals surface area contributed by atoms with Gasteiger partial charge in [-0.3, -0.25) is 10.2 Å². The molecule has 110 valence electrons. The number of benzene rings is 2. The van der Waals surface area contributed by atoms with E-state index >= 15 is 0 Å². The second-order valence-electron chi connectivity index (χ2n) is 4.20. The lowest BCUT2D eigenvalue weighted by molar-refractivity contribution is -0.110. The fraction of sp³-hybridized carbons (Fsp3) is 0. The quantitative estimate of drug-likeness (QED) is 0.460. The van der Waals surface area contributed by atoms with Gasteiger partial charge >= 0.3 is 0 Å². The van der Waals surface area contributed by atoms with E-state index in [0.717, 1.165) is 0 Å². The van der Waals surface area contributed by atoms with Crippen molar-refractivity contribution in [3.8, 4) is 6.07 Å². The molecule has 2 aromatic carbocycles. The van der Waals surface area contributed by atoms with Crippen molar-refractivity contribution in [2.24, 2.45) is 10.8 Å². The van der Waals surface area contributed by atoms with Gasteiger partial charge in [0.25, 0.3) is 5.91 Å². The number of amides is 1. The van der Waals surface area contributed by atoms with Crippen molar-refractivity contribution >= 4 is 34.7 Å². The molecule has 0 unspecified atom stereocenters. The first-order valence-electron chi connectivity index (χ1n) is 6.26. The Morgan fingerprint density at radius 2 is 1.77 bits per heavy atom. The van der Waals surface area contributed by atoms with Crippen molar-refractivity contribution in [2.45, 2.75) is 0 Å². The highest BCUT2D eigenvalue weighted by Crippen LogP contribution is 2.20. The number of halogens is 1. The number of carbonyl (C=O) groups excluding carboxylic acids is 1. The lowest BCUT2D eigenvalue weighted by Gasteiger charge is -2.07. The lowest BCUT2D eigenvalue weighted by atomic mass is 10.2. The Kier molecular flexibility index (Phi) is 4.96. The average Bonchev–Trinajstić information content (AvgIpc) is 2.54. The third-order valence-corrected chi connectivity index (χ3v) is 3.03. The SMILES string of the molecule is N#Cc1ccccc1N/N=C(\N)C(=O)Nc1ccccc1Cl. The maximum absolute atomic E-state index is 11.9. The maximum Gasteiger partial charge on any atom is 0.292 e. The molecule has 0 fully saturated rings. The minimum atomic E-state index is -0.602. The number of nitriles is 1. The Hall–Kier alpha value is -3.04. The van der Waals surface area contributed by atoms with Gasteiger partial charge in [0.15, 0.2) is 0 Å². The van der Waals surface area contributed by atoms with Gasteiger partial charge in [-0.1, -0.05) is 35.9 Å². The van der Waals surface area contributed by atoms with Gasteiger partial charge in [-0.2, -0.15) is 10.4 Å². The Labute approximate surface area is 132 Å². The van der Waals surface area contributed by atoms with E-state index in [0.29, 0.717) is 22.0 Å². The van der Waals surface area contributed by atoms with Gasteiger partial charge in [0.05, 0.1) is 22.0 Å². The molecule has 0 spiro atoms. The molecule has 0 radical (unpaired) electrons. The number of anilines is 2. The molecule has 0 saturated carbocycles. The predicted octanol–water partition coefficient (Wildman–Crippen LogP) is 2.53. The molecule has 0 aromatic heterocycles. The number of amidine groups is 1. The number of hydrazone groups is 1. The first-order chi connectivity index (χ1) is 10.6. The molecule has 0 heterocycles. The van der Waals surface area contributed by atoms with Crippen LogP contribution in [0.2, 0.25) is 5.02 Å². The summed E-state index contributed by atoms with van der Waals surface area (Å²) in [6.07, 6.45) is 0. The van der Waals surface area contributed by atoms with Crippen molar-refractivity contribution in [3.63, 3.8) is 0 Å². The predicted molar refractivity (Wildman–Crippen MR) is 86.5 cm³/mol. The summed E-state index contributed by atoms with van der Waals surface area (Å²) < 4.78 is 0. The number of nitrogens with two attached hydrogens (primary N) is 1. The fourth-order valence-corrected chi connectivity index (χ4v) is 1.78. The molecule has 0 aliphatic carbocycles. The Balaban J connectivity index is 2.08. The molecular formula is C15H12ClN5O. The average molecular weight is 314 g/mol. The number of nitrogens with one attached hydrogen (secondary N) is 2. The zero-order valence-corrected chi connectivity index (χ0v) is 12.1. The van der Waals surface area contributed by atoms with Gasteiger partial charge < -0.3 is 11.1 Å². The summed E-state index contributed by atoms with van der Waals surface area (Å²) in [5.74, 6) is -0.886. The van der Waals surface area contributed by atoms with Crippen LogP contribution in [0.3, 0.4) is 0 Å². The highest BCUT2D eigenvalue weighted by Gasteiger charge is 2.10. The minimum Gasteiger partial charge on any atom is -0.378 e. The third kappa shape index (κ3) is 3.75. The number of rotatable bonds is 3. The molecule has 0 bridgehead atoms. The van der Waals surface area contributed by atoms with E-state index in [4.69, 9.17) is 22.6 Å². The first kappa shape index (κ1) is 15.4. The second-order valence-corrected chi connectivity index (χ2v) is 4.61. The highest BCUT2D eigenvalue weighted by molar-refractivity contribution is 6.43. The van der Waals surface area contributed by atoms with Crippen LogP contribution in [-0.4, -0.2) is 11.7 Å². The normalized spacial score (nSPS) is 10.6. The van der Waals surface area contributed by atoms with Crippen molar-refractivity contribution < 1.29 is 4.79 Å². The van der Waals surface area contributed by atoms with E-state index in [-0.39, 0.29) is 5.84 Å². The van der Waals surface area contributed by atoms with E-state index < -0.39 is 5.91 Å². The first-order valence-corrected chi connectivity index (χ1v) is 6.64. The summed E-state index contributed by atoms with van der Waals surface area (Å²) >= 11 is 5.94. The van der Waals surface area contributed by atoms with Crippen molar-refractivity contribution in [2.75, 3.05) is 10.7 Å². The molecular weight excluding hydrogens is 302 g/mol. The molecule has 0 aliphatic rings. The molecule has 7 heteroatoms. The van der Waals surface area contributed by atoms with Gasteiger partial charge in [0.2, 0.25) is 5.84 Å². The Bertz CT molecular complexity index is 767. The van der Waals surface area contributed by atoms with E-state index in [1.54, 1.807) is 48.5 Å². The molecule has 0 atom stereocenters. The summed E-state index contributed by atoms with van der Waals surface area (Å²) in [5.41, 5.74) is 9.48. The van der Waals surface area contributed by atoms with Gasteiger partial charge in [-0.05, 0) is 24.3 Å². The summed E-state index contributed by atoms with van der Waals surface area (Å²) in [7, 11) is 0. The summed E-state index contributed by atoms with van der Waals surface area (Å²) in [6, 6.07) is 15.5. The number of hydrogen-bond donors (Lipinski definition) is 3. The maximum atomic E-state index is 11.9. The van der Waals surface area contributed by atoms with E-state index in [9.17, 15) is 4.79 Å². The topological polar surface area (TPSA) is 103 Å². The molecule has 0 saturated heterocycles. The number of para-hydroxylation sites is 2. The third-order valence-electron chi connectivity index (χ3n) is 2.70. The number of hydrogen-bond acceptors (Lipinski definition) is 4. The lowest BCUT2D eigenvalue weighted by Crippen LogP contribution is -2.31. The molecule has 2 aromatic rings. The van der Waals surface area contributed by atoms with E-state index in [1.807, 2.05) is 6.07 Å². The zero-order valence-electron chi connectivity index (χ0n) is 11.4. The van der Waals surface area contributed by atoms with Crippen molar-refractivity contribution in [1.29, 1.82) is 5.26 Å². The van der Waals surface area contributed by atoms with Crippen molar-refractivity contribution in [1.82, 2.24) is 0 Å². The molecule has 4 N–H and O–H groups in total. The minimum absolute atomic E-state index is 0.285. The second kappa shape index (κ2) is 7.11. The largest absolute Gasteiger partial charge is 0.378 e. The number of carbonyl (C=O) groups is 1. The van der Waals surface area contributed by atoms with Crippen LogP contribution in [0, 0.1) is 11.3 Å². The van der Waals surface area contributed by atoms with Crippen LogP contribution in [0.15, 0.2) is 53.6 Å². The standard InChI is InChI=1S/C15H12ClN5O/c16-11-6-2-4-8-13(11)19-15(22)14(18)21-20-12-7-3-1-5-10(12)9-17/h1-8,20H,(H2,18,21)(H,19,22). The van der Waals surface area contributed by atoms with Gasteiger partial charge in [-0.25, -0.2) is 0 Å². The van der Waals surface area contributed by atoms with Crippen LogP contribution < -0.4 is 16.5 Å². The molecule has 22 heavy (non-hydrogen) atoms. The molecule has 6 nitrogen and oxygen atoms in total. The summed E-state index contributed by atoms with van der Waals surface area (Å²) in [6.45, 7) is 0. The smallest absolute Gasteiger partial charge is 0.292 e. The summed E-state index contributed by atoms with van der Waals surface area (Å²) in [4.78, 5) is 11.9. The van der Waals surface area contributed by atoms with Gasteiger partial charge in [0.1, 0.15) is 6.07 Å². The van der Waals surface area contributed by atoms with Crippen LogP contribution >= 0.6 is 11.6 Å². The Morgan fingerprint density at radius 1 is 1.14 bits per heavy atom. The summed E-state index contributed by atoms with van der Waals surface area (Å²) in [5, 5.41) is 15.7. The van der Waals surface area contributed by atoms with E-state index in [2.05, 4.69) is 15.8 Å². The molecule has 0 aliphatic heterocycles. The van der Waals surface area contributed by atoms with Crippen LogP contribution in [-0.2, 0) is 4.79 Å². The van der Waals surface area contributed by atoms with Crippen LogP contribution in [0.25, 0.3) is 0 Å². The van der Waals surface area contributed by atoms with Crippen LogP contribution in [0.1, 0.15) is 5.56 Å². The van der Waals surface area contributed by atoms with Crippen LogP contribution in [0.4, 0.5) is 11.4 Å². The zero-order chi connectivity index (χ0) is 15.9. The number of nitrogens with zero attached hydrogens (tertiary/aromatic N) is 2. The molecule has 2 rings (SSSR count). The van der Waals surface area contributed by atoms with Crippen molar-refractivity contribution in [3.05, 3.63) is 59.1 Å². The van der Waals surface area contributed by atoms with Gasteiger partial charge in [0, 0.05) is 0 Å². The monoisotopic (exact) mass is 313 g/mol. The van der Waals surface area contributed by atoms with Gasteiger partial charge in [-0.15, -0.1) is 0 Å². The molecule has 1 amide bonds.